The Morgan fingerprint density at radius 1 is 1.47 bits per heavy atom. The van der Waals surface area contributed by atoms with E-state index in [2.05, 4.69) is 10.3 Å². The zero-order chi connectivity index (χ0) is 14.6. The molecule has 19 heavy (non-hydrogen) atoms. The van der Waals surface area contributed by atoms with E-state index in [0.717, 1.165) is 0 Å². The van der Waals surface area contributed by atoms with E-state index in [1.54, 1.807) is 13.8 Å². The van der Waals surface area contributed by atoms with Crippen LogP contribution < -0.4 is 10.7 Å². The Hall–Kier alpha value is -2.11. The van der Waals surface area contributed by atoms with E-state index < -0.39 is 23.3 Å². The van der Waals surface area contributed by atoms with Gasteiger partial charge in [-0.05, 0) is 12.8 Å². The minimum atomic E-state index is -1.11. The molecule has 0 aromatic carbocycles. The largest absolute Gasteiger partial charge is 0.480 e. The molecule has 1 aromatic rings. The summed E-state index contributed by atoms with van der Waals surface area (Å²) in [6.45, 7) is 5.27. The second kappa shape index (κ2) is 6.17. The minimum Gasteiger partial charge on any atom is -0.480 e. The lowest BCUT2D eigenvalue weighted by atomic mass is 9.99. The first-order valence-corrected chi connectivity index (χ1v) is 6.09. The van der Waals surface area contributed by atoms with E-state index in [4.69, 9.17) is 5.11 Å². The lowest BCUT2D eigenvalue weighted by molar-refractivity contribution is -0.140. The number of carboxylic acids is 1. The van der Waals surface area contributed by atoms with E-state index in [1.165, 1.54) is 12.3 Å². The number of carbonyl (C=O) groups excluding carboxylic acids is 1. The molecule has 0 saturated carbocycles. The van der Waals surface area contributed by atoms with E-state index >= 15 is 0 Å². The van der Waals surface area contributed by atoms with Gasteiger partial charge < -0.3 is 15.4 Å². The number of carbonyl (C=O) groups is 2. The summed E-state index contributed by atoms with van der Waals surface area (Å²) >= 11 is 0. The molecule has 6 nitrogen and oxygen atoms in total. The highest BCUT2D eigenvalue weighted by molar-refractivity contribution is 5.96. The molecule has 0 aliphatic heterocycles. The van der Waals surface area contributed by atoms with Crippen LogP contribution in [-0.2, 0) is 4.79 Å². The highest BCUT2D eigenvalue weighted by Gasteiger charge is 2.26. The Balaban J connectivity index is 2.94. The number of rotatable bonds is 5. The zero-order valence-corrected chi connectivity index (χ0v) is 11.2. The van der Waals surface area contributed by atoms with Crippen molar-refractivity contribution >= 4 is 11.9 Å². The molecule has 0 saturated heterocycles. The first-order chi connectivity index (χ1) is 8.86. The maximum absolute atomic E-state index is 11.9. The Kier molecular flexibility index (Phi) is 4.86. The summed E-state index contributed by atoms with van der Waals surface area (Å²) in [6, 6.07) is 0.298. The van der Waals surface area contributed by atoms with Gasteiger partial charge in [-0.1, -0.05) is 20.3 Å². The minimum absolute atomic E-state index is 0.0832. The molecule has 3 N–H and O–H groups in total. The third-order valence-electron chi connectivity index (χ3n) is 3.07. The molecule has 1 heterocycles. The molecule has 2 atom stereocenters. The number of aliphatic carboxylic acids is 1. The van der Waals surface area contributed by atoms with E-state index in [0.29, 0.717) is 12.1 Å². The van der Waals surface area contributed by atoms with Crippen LogP contribution in [0.3, 0.4) is 0 Å². The quantitative estimate of drug-likeness (QED) is 0.737. The number of amides is 1. The Morgan fingerprint density at radius 3 is 2.58 bits per heavy atom. The van der Waals surface area contributed by atoms with E-state index in [1.807, 2.05) is 6.92 Å². The molecule has 1 amide bonds. The maximum atomic E-state index is 11.9. The van der Waals surface area contributed by atoms with Gasteiger partial charge >= 0.3 is 5.97 Å². The lowest BCUT2D eigenvalue weighted by Gasteiger charge is -2.19. The summed E-state index contributed by atoms with van der Waals surface area (Å²) in [5.74, 6) is -1.99. The van der Waals surface area contributed by atoms with Gasteiger partial charge in [-0.2, -0.15) is 0 Å². The third kappa shape index (κ3) is 3.67. The first-order valence-electron chi connectivity index (χ1n) is 6.09. The molecule has 0 radical (unpaired) electrons. The predicted octanol–water partition coefficient (Wildman–Crippen LogP) is 0.912. The van der Waals surface area contributed by atoms with Gasteiger partial charge in [-0.15, -0.1) is 0 Å². The van der Waals surface area contributed by atoms with E-state index in [9.17, 15) is 14.4 Å². The van der Waals surface area contributed by atoms with Crippen LogP contribution in [0.5, 0.6) is 0 Å². The number of carboxylic acid groups (broad SMARTS) is 1. The number of aromatic amines is 1. The van der Waals surface area contributed by atoms with Gasteiger partial charge in [-0.3, -0.25) is 9.59 Å². The molecule has 104 valence electrons. The fourth-order valence-electron chi connectivity index (χ4n) is 1.65. The van der Waals surface area contributed by atoms with Gasteiger partial charge in [0.2, 0.25) is 0 Å². The zero-order valence-electron chi connectivity index (χ0n) is 11.2. The van der Waals surface area contributed by atoms with Crippen molar-refractivity contribution in [3.8, 4) is 0 Å². The highest BCUT2D eigenvalue weighted by atomic mass is 16.4. The van der Waals surface area contributed by atoms with Crippen molar-refractivity contribution in [2.75, 3.05) is 0 Å². The standard InChI is InChI=1S/C13H18N2O4/c1-4-7(2)11(13(18)19)15-12(17)9-6-14-8(3)5-10(9)16/h5-7,11H,4H2,1-3H3,(H,14,16)(H,15,17)(H,18,19)/t7?,11-/m0/s1. The molecule has 1 aromatic heterocycles. The second-order valence-corrected chi connectivity index (χ2v) is 4.57. The maximum Gasteiger partial charge on any atom is 0.326 e. The molecule has 1 rings (SSSR count). The Morgan fingerprint density at radius 2 is 2.11 bits per heavy atom. The molecule has 0 bridgehead atoms. The number of pyridine rings is 1. The van der Waals surface area contributed by atoms with Crippen LogP contribution in [0.2, 0.25) is 0 Å². The molecule has 6 heteroatoms. The molecular formula is C13H18N2O4. The first kappa shape index (κ1) is 14.9. The second-order valence-electron chi connectivity index (χ2n) is 4.57. The topological polar surface area (TPSA) is 99.3 Å². The summed E-state index contributed by atoms with van der Waals surface area (Å²) in [6.07, 6.45) is 1.91. The highest BCUT2D eigenvalue weighted by Crippen LogP contribution is 2.08. The smallest absolute Gasteiger partial charge is 0.326 e. The SMILES string of the molecule is CCC(C)[C@H](NC(=O)c1c[nH]c(C)cc1=O)C(=O)O. The Bertz CT molecular complexity index is 536. The molecule has 1 unspecified atom stereocenters. The molecule has 0 aliphatic rings. The van der Waals surface area contributed by atoms with Crippen molar-refractivity contribution in [2.24, 2.45) is 5.92 Å². The number of nitrogens with one attached hydrogen (secondary N) is 2. The lowest BCUT2D eigenvalue weighted by Crippen LogP contribution is -2.46. The summed E-state index contributed by atoms with van der Waals surface area (Å²) in [5, 5.41) is 11.5. The van der Waals surface area contributed by atoms with Crippen LogP contribution in [0.25, 0.3) is 0 Å². The average Bonchev–Trinajstić information content (AvgIpc) is 2.34. The van der Waals surface area contributed by atoms with Crippen LogP contribution in [0, 0.1) is 12.8 Å². The Labute approximate surface area is 110 Å². The van der Waals surface area contributed by atoms with Gasteiger partial charge in [0.05, 0.1) is 0 Å². The normalized spacial score (nSPS) is 13.6. The predicted molar refractivity (Wildman–Crippen MR) is 70.1 cm³/mol. The summed E-state index contributed by atoms with van der Waals surface area (Å²) < 4.78 is 0. The summed E-state index contributed by atoms with van der Waals surface area (Å²) in [5.41, 5.74) is 0.125. The van der Waals surface area contributed by atoms with Crippen molar-refractivity contribution in [3.05, 3.63) is 33.7 Å². The van der Waals surface area contributed by atoms with Crippen LogP contribution in [0.15, 0.2) is 17.1 Å². The van der Waals surface area contributed by atoms with Gasteiger partial charge in [-0.25, -0.2) is 4.79 Å². The van der Waals surface area contributed by atoms with Crippen molar-refractivity contribution in [1.29, 1.82) is 0 Å². The third-order valence-corrected chi connectivity index (χ3v) is 3.07. The average molecular weight is 266 g/mol. The monoisotopic (exact) mass is 266 g/mol. The molecule has 0 fully saturated rings. The molecule has 0 spiro atoms. The van der Waals surface area contributed by atoms with Crippen LogP contribution in [-0.4, -0.2) is 28.0 Å². The number of hydrogen-bond donors (Lipinski definition) is 3. The molecular weight excluding hydrogens is 248 g/mol. The molecule has 0 aliphatic carbocycles. The van der Waals surface area contributed by atoms with Gasteiger partial charge in [0, 0.05) is 18.0 Å². The summed E-state index contributed by atoms with van der Waals surface area (Å²) in [4.78, 5) is 37.4. The fourth-order valence-corrected chi connectivity index (χ4v) is 1.65. The number of hydrogen-bond acceptors (Lipinski definition) is 3. The number of aromatic nitrogens is 1. The number of aryl methyl sites for hydroxylation is 1. The number of H-pyrrole nitrogens is 1. The van der Waals surface area contributed by atoms with Crippen LogP contribution >= 0.6 is 0 Å². The van der Waals surface area contributed by atoms with Gasteiger partial charge in [0.1, 0.15) is 11.6 Å². The van der Waals surface area contributed by atoms with Crippen molar-refractivity contribution in [3.63, 3.8) is 0 Å². The van der Waals surface area contributed by atoms with Crippen molar-refractivity contribution in [2.45, 2.75) is 33.2 Å². The fraction of sp³-hybridized carbons (Fsp3) is 0.462. The van der Waals surface area contributed by atoms with Crippen molar-refractivity contribution < 1.29 is 14.7 Å². The van der Waals surface area contributed by atoms with E-state index in [-0.39, 0.29) is 11.5 Å². The van der Waals surface area contributed by atoms with Crippen LogP contribution in [0.1, 0.15) is 36.3 Å². The summed E-state index contributed by atoms with van der Waals surface area (Å²) in [7, 11) is 0. The van der Waals surface area contributed by atoms with Gasteiger partial charge in [0.25, 0.3) is 5.91 Å². The van der Waals surface area contributed by atoms with Gasteiger partial charge in [0.15, 0.2) is 5.43 Å². The van der Waals surface area contributed by atoms with Crippen LogP contribution in [0.4, 0.5) is 0 Å². The van der Waals surface area contributed by atoms with Crippen molar-refractivity contribution in [1.82, 2.24) is 10.3 Å².